The standard InChI is InChI=1S/C26H24BrN2P/c1-19(23-15-7-11-21-9-3-5-13-25(21)23)28-17-18-29(30(28)27)20(2)24-16-8-12-22-10-4-6-14-26(22)24/h3-20H,1-2H3/t19-,20-/m1/s1. The summed E-state index contributed by atoms with van der Waals surface area (Å²) < 4.78 is 4.91. The van der Waals surface area contributed by atoms with Crippen molar-refractivity contribution in [1.82, 2.24) is 9.34 Å². The molecule has 0 aromatic heterocycles. The fraction of sp³-hybridized carbons (Fsp3) is 0.154. The van der Waals surface area contributed by atoms with Crippen LogP contribution in [0.25, 0.3) is 21.5 Å². The second kappa shape index (κ2) is 8.06. The normalized spacial score (nSPS) is 16.5. The summed E-state index contributed by atoms with van der Waals surface area (Å²) in [6, 6.07) is 31.1. The van der Waals surface area contributed by atoms with E-state index in [4.69, 9.17) is 0 Å². The number of hydrogen-bond acceptors (Lipinski definition) is 2. The maximum Gasteiger partial charge on any atom is 0.170 e. The Morgan fingerprint density at radius 3 is 1.47 bits per heavy atom. The minimum Gasteiger partial charge on any atom is -0.323 e. The molecule has 1 aliphatic heterocycles. The molecule has 4 heteroatoms. The Morgan fingerprint density at radius 1 is 0.600 bits per heavy atom. The number of benzene rings is 4. The van der Waals surface area contributed by atoms with Crippen LogP contribution >= 0.6 is 22.4 Å². The molecule has 0 bridgehead atoms. The van der Waals surface area contributed by atoms with Gasteiger partial charge < -0.3 is 9.34 Å². The number of halogens is 1. The predicted molar refractivity (Wildman–Crippen MR) is 133 cm³/mol. The van der Waals surface area contributed by atoms with Gasteiger partial charge in [0.05, 0.1) is 12.1 Å². The van der Waals surface area contributed by atoms with Gasteiger partial charge in [0.1, 0.15) is 0 Å². The van der Waals surface area contributed by atoms with Crippen molar-refractivity contribution in [2.45, 2.75) is 25.9 Å². The summed E-state index contributed by atoms with van der Waals surface area (Å²) in [6.45, 7) is 3.94. The number of fused-ring (bicyclic) bond motifs is 2. The Balaban J connectivity index is 1.45. The summed E-state index contributed by atoms with van der Waals surface area (Å²) in [7, 11) is 0. The van der Waals surface area contributed by atoms with Crippen LogP contribution in [-0.2, 0) is 0 Å². The molecule has 0 saturated carbocycles. The van der Waals surface area contributed by atoms with Crippen LogP contribution < -0.4 is 0 Å². The zero-order valence-corrected chi connectivity index (χ0v) is 19.6. The Hall–Kier alpha value is -2.35. The van der Waals surface area contributed by atoms with Gasteiger partial charge in [-0.25, -0.2) is 0 Å². The molecule has 2 nitrogen and oxygen atoms in total. The van der Waals surface area contributed by atoms with Gasteiger partial charge in [0, 0.05) is 12.4 Å². The van der Waals surface area contributed by atoms with E-state index in [9.17, 15) is 0 Å². The maximum absolute atomic E-state index is 4.05. The summed E-state index contributed by atoms with van der Waals surface area (Å²) in [5.41, 5.74) is 2.73. The van der Waals surface area contributed by atoms with Gasteiger partial charge in [-0.05, 0) is 62.0 Å². The third-order valence-electron chi connectivity index (χ3n) is 6.09. The van der Waals surface area contributed by atoms with Crippen molar-refractivity contribution >= 4 is 44.0 Å². The Kier molecular flexibility index (Phi) is 5.26. The molecule has 1 heterocycles. The van der Waals surface area contributed by atoms with Crippen LogP contribution in [0.2, 0.25) is 0 Å². The van der Waals surface area contributed by atoms with Crippen LogP contribution in [0.15, 0.2) is 97.3 Å². The average Bonchev–Trinajstić information content (AvgIpc) is 3.18. The summed E-state index contributed by atoms with van der Waals surface area (Å²) in [4.78, 5) is 0. The summed E-state index contributed by atoms with van der Waals surface area (Å²) in [5.74, 6) is 0. The molecule has 0 fully saturated rings. The first-order valence-corrected chi connectivity index (χ1v) is 13.6. The van der Waals surface area contributed by atoms with E-state index in [1.165, 1.54) is 32.7 Å². The molecule has 2 atom stereocenters. The third-order valence-corrected chi connectivity index (χ3v) is 10.0. The molecule has 0 saturated heterocycles. The van der Waals surface area contributed by atoms with Crippen molar-refractivity contribution in [2.24, 2.45) is 0 Å². The molecule has 0 aliphatic carbocycles. The molecule has 4 aromatic rings. The van der Waals surface area contributed by atoms with Gasteiger partial charge >= 0.3 is 0 Å². The lowest BCUT2D eigenvalue weighted by molar-refractivity contribution is 0.459. The van der Waals surface area contributed by atoms with E-state index >= 15 is 0 Å². The summed E-state index contributed by atoms with van der Waals surface area (Å²) in [5, 5.41) is 5.25. The van der Waals surface area contributed by atoms with E-state index < -0.39 is 6.93 Å². The number of hydrogen-bond donors (Lipinski definition) is 0. The first kappa shape index (κ1) is 19.6. The molecule has 4 aromatic carbocycles. The van der Waals surface area contributed by atoms with Crippen LogP contribution in [0.3, 0.4) is 0 Å². The molecular weight excluding hydrogens is 451 g/mol. The summed E-state index contributed by atoms with van der Waals surface area (Å²) >= 11 is 4.05. The van der Waals surface area contributed by atoms with Gasteiger partial charge in [-0.15, -0.1) is 0 Å². The van der Waals surface area contributed by atoms with Crippen LogP contribution in [0.1, 0.15) is 37.1 Å². The quantitative estimate of drug-likeness (QED) is 0.273. The first-order chi connectivity index (χ1) is 14.6. The lowest BCUT2D eigenvalue weighted by Crippen LogP contribution is -2.18. The lowest BCUT2D eigenvalue weighted by Gasteiger charge is -2.35. The van der Waals surface area contributed by atoms with Gasteiger partial charge in [0.2, 0.25) is 0 Å². The van der Waals surface area contributed by atoms with Crippen molar-refractivity contribution in [3.05, 3.63) is 108 Å². The molecule has 0 spiro atoms. The van der Waals surface area contributed by atoms with Gasteiger partial charge in [0.15, 0.2) is 6.93 Å². The topological polar surface area (TPSA) is 6.48 Å². The van der Waals surface area contributed by atoms with E-state index in [0.717, 1.165) is 0 Å². The van der Waals surface area contributed by atoms with Gasteiger partial charge in [-0.2, -0.15) is 0 Å². The van der Waals surface area contributed by atoms with Crippen LogP contribution in [0, 0.1) is 0 Å². The van der Waals surface area contributed by atoms with Crippen molar-refractivity contribution in [1.29, 1.82) is 0 Å². The third kappa shape index (κ3) is 3.31. The Bertz CT molecular complexity index is 1130. The Labute approximate surface area is 187 Å². The lowest BCUT2D eigenvalue weighted by atomic mass is 10.00. The van der Waals surface area contributed by atoms with E-state index in [1.807, 2.05) is 0 Å². The van der Waals surface area contributed by atoms with Gasteiger partial charge in [-0.1, -0.05) is 84.9 Å². The minimum atomic E-state index is -0.661. The highest BCUT2D eigenvalue weighted by molar-refractivity contribution is 9.38. The highest BCUT2D eigenvalue weighted by Crippen LogP contribution is 2.62. The second-order valence-corrected chi connectivity index (χ2v) is 11.1. The van der Waals surface area contributed by atoms with Crippen molar-refractivity contribution in [3.8, 4) is 0 Å². The highest BCUT2D eigenvalue weighted by atomic mass is 79.9. The van der Waals surface area contributed by atoms with Gasteiger partial charge in [-0.3, -0.25) is 0 Å². The zero-order valence-electron chi connectivity index (χ0n) is 17.1. The molecular formula is C26H24BrN2P. The fourth-order valence-electron chi connectivity index (χ4n) is 4.42. The van der Waals surface area contributed by atoms with E-state index in [0.29, 0.717) is 0 Å². The maximum atomic E-state index is 4.05. The minimum absolute atomic E-state index is 0.280. The average molecular weight is 475 g/mol. The van der Waals surface area contributed by atoms with Crippen LogP contribution in [-0.4, -0.2) is 9.34 Å². The van der Waals surface area contributed by atoms with Gasteiger partial charge in [0.25, 0.3) is 0 Å². The smallest absolute Gasteiger partial charge is 0.170 e. The Morgan fingerprint density at radius 2 is 1.00 bits per heavy atom. The molecule has 5 rings (SSSR count). The number of rotatable bonds is 4. The van der Waals surface area contributed by atoms with Crippen molar-refractivity contribution < 1.29 is 0 Å². The first-order valence-electron chi connectivity index (χ1n) is 10.3. The monoisotopic (exact) mass is 474 g/mol. The fourth-order valence-corrected chi connectivity index (χ4v) is 8.11. The highest BCUT2D eigenvalue weighted by Gasteiger charge is 2.33. The predicted octanol–water partition coefficient (Wildman–Crippen LogP) is 8.53. The molecule has 1 aliphatic rings. The van der Waals surface area contributed by atoms with E-state index in [1.54, 1.807) is 0 Å². The molecule has 0 N–H and O–H groups in total. The molecule has 0 amide bonds. The largest absolute Gasteiger partial charge is 0.323 e. The molecule has 0 unspecified atom stereocenters. The van der Waals surface area contributed by atoms with Crippen molar-refractivity contribution in [2.75, 3.05) is 0 Å². The zero-order chi connectivity index (χ0) is 20.7. The van der Waals surface area contributed by atoms with Crippen LogP contribution in [0.5, 0.6) is 0 Å². The van der Waals surface area contributed by atoms with E-state index in [-0.39, 0.29) is 12.1 Å². The van der Waals surface area contributed by atoms with E-state index in [2.05, 4.69) is 136 Å². The van der Waals surface area contributed by atoms with Crippen molar-refractivity contribution in [3.63, 3.8) is 0 Å². The second-order valence-electron chi connectivity index (χ2n) is 7.79. The summed E-state index contributed by atoms with van der Waals surface area (Å²) in [6.07, 6.45) is 4.49. The molecule has 150 valence electrons. The number of nitrogens with zero attached hydrogens (tertiary/aromatic N) is 2. The van der Waals surface area contributed by atoms with Crippen LogP contribution in [0.4, 0.5) is 0 Å². The SMILES string of the molecule is C[C@H](c1cccc2ccccc12)N1C=CN([C@H](C)c2cccc3ccccc23)P1Br. The molecule has 0 radical (unpaired) electrons. The molecule has 30 heavy (non-hydrogen) atoms.